The van der Waals surface area contributed by atoms with Crippen LogP contribution in [0.5, 0.6) is 5.75 Å². The molecule has 0 unspecified atom stereocenters. The second kappa shape index (κ2) is 6.69. The summed E-state index contributed by atoms with van der Waals surface area (Å²) in [4.78, 5) is 37.8. The summed E-state index contributed by atoms with van der Waals surface area (Å²) in [5.41, 5.74) is 0.459. The second-order valence-electron chi connectivity index (χ2n) is 7.12. The molecule has 27 heavy (non-hydrogen) atoms. The highest BCUT2D eigenvalue weighted by atomic mass is 35.5. The Bertz CT molecular complexity index is 824. The van der Waals surface area contributed by atoms with E-state index in [-0.39, 0.29) is 25.2 Å². The summed E-state index contributed by atoms with van der Waals surface area (Å²) in [6, 6.07) is 2.82. The molecule has 1 N–H and O–H groups in total. The largest absolute Gasteiger partial charge is 0.467 e. The van der Waals surface area contributed by atoms with Crippen molar-refractivity contribution >= 4 is 29.5 Å². The number of carbonyl (C=O) groups excluding carboxylic acids is 3. The van der Waals surface area contributed by atoms with Crippen LogP contribution in [0.25, 0.3) is 0 Å². The number of imide groups is 1. The predicted octanol–water partition coefficient (Wildman–Crippen LogP) is 1.97. The number of nitrogens with one attached hydrogen (secondary N) is 1. The number of carbonyl (C=O) groups is 3. The number of benzene rings is 1. The van der Waals surface area contributed by atoms with Gasteiger partial charge in [-0.15, -0.1) is 0 Å². The number of urea groups is 1. The number of esters is 1. The average Bonchev–Trinajstić information content (AvgIpc) is 3.46. The van der Waals surface area contributed by atoms with Crippen molar-refractivity contribution in [2.24, 2.45) is 5.92 Å². The maximum atomic E-state index is 12.5. The molecule has 2 heterocycles. The lowest BCUT2D eigenvalue weighted by Gasteiger charge is -2.21. The third-order valence-corrected chi connectivity index (χ3v) is 5.34. The van der Waals surface area contributed by atoms with E-state index >= 15 is 0 Å². The molecule has 0 spiro atoms. The zero-order valence-electron chi connectivity index (χ0n) is 14.7. The van der Waals surface area contributed by atoms with E-state index in [1.807, 2.05) is 0 Å². The summed E-state index contributed by atoms with van der Waals surface area (Å²) < 4.78 is 15.9. The van der Waals surface area contributed by atoms with Gasteiger partial charge in [0.1, 0.15) is 24.4 Å². The lowest BCUT2D eigenvalue weighted by atomic mass is 9.96. The first kappa shape index (κ1) is 18.1. The van der Waals surface area contributed by atoms with Gasteiger partial charge in [0.05, 0.1) is 6.61 Å². The average molecular weight is 395 g/mol. The Hall–Kier alpha value is -2.32. The molecule has 9 heteroatoms. The maximum absolute atomic E-state index is 12.5. The lowest BCUT2D eigenvalue weighted by Crippen LogP contribution is -2.46. The number of hydrogen-bond acceptors (Lipinski definition) is 6. The van der Waals surface area contributed by atoms with Crippen molar-refractivity contribution in [3.8, 4) is 5.75 Å². The number of hydrogen-bond donors (Lipinski definition) is 1. The number of nitrogens with zero attached hydrogens (tertiary/aromatic N) is 1. The van der Waals surface area contributed by atoms with Crippen LogP contribution in [0.1, 0.15) is 30.9 Å². The predicted molar refractivity (Wildman–Crippen MR) is 92.9 cm³/mol. The number of fused-ring (bicyclic) bond motifs is 1. The van der Waals surface area contributed by atoms with Crippen molar-refractivity contribution < 1.29 is 28.6 Å². The summed E-state index contributed by atoms with van der Waals surface area (Å²) in [6.45, 7) is 1.66. The van der Waals surface area contributed by atoms with E-state index in [0.29, 0.717) is 22.9 Å². The zero-order chi connectivity index (χ0) is 19.2. The number of rotatable bonds is 5. The molecule has 4 rings (SSSR count). The Morgan fingerprint density at radius 1 is 1.41 bits per heavy atom. The van der Waals surface area contributed by atoms with Crippen LogP contribution >= 0.6 is 11.6 Å². The Balaban J connectivity index is 1.40. The Kier molecular flexibility index (Phi) is 4.47. The van der Waals surface area contributed by atoms with Crippen molar-refractivity contribution in [2.45, 2.75) is 38.5 Å². The fourth-order valence-electron chi connectivity index (χ4n) is 3.49. The smallest absolute Gasteiger partial charge is 0.326 e. The van der Waals surface area contributed by atoms with Crippen LogP contribution in [-0.2, 0) is 32.3 Å². The van der Waals surface area contributed by atoms with Gasteiger partial charge in [0.15, 0.2) is 6.79 Å². The van der Waals surface area contributed by atoms with Gasteiger partial charge in [0.25, 0.3) is 5.91 Å². The Morgan fingerprint density at radius 3 is 2.93 bits per heavy atom. The van der Waals surface area contributed by atoms with E-state index < -0.39 is 24.1 Å². The van der Waals surface area contributed by atoms with E-state index in [9.17, 15) is 14.4 Å². The van der Waals surface area contributed by atoms with Crippen LogP contribution in [0.3, 0.4) is 0 Å². The van der Waals surface area contributed by atoms with Crippen molar-refractivity contribution in [3.63, 3.8) is 0 Å². The molecule has 2 fully saturated rings. The van der Waals surface area contributed by atoms with Gasteiger partial charge in [-0.25, -0.2) is 4.79 Å². The molecule has 1 aromatic carbocycles. The van der Waals surface area contributed by atoms with Gasteiger partial charge >= 0.3 is 12.0 Å². The van der Waals surface area contributed by atoms with E-state index in [2.05, 4.69) is 5.32 Å². The van der Waals surface area contributed by atoms with Gasteiger partial charge < -0.3 is 19.5 Å². The molecule has 1 atom stereocenters. The lowest BCUT2D eigenvalue weighted by molar-refractivity contribution is -0.149. The molecular weight excluding hydrogens is 376 g/mol. The zero-order valence-corrected chi connectivity index (χ0v) is 15.5. The van der Waals surface area contributed by atoms with Crippen molar-refractivity contribution in [1.82, 2.24) is 10.2 Å². The van der Waals surface area contributed by atoms with Crippen LogP contribution in [0.2, 0.25) is 5.02 Å². The fraction of sp³-hybridized carbons (Fsp3) is 0.500. The molecule has 3 amide bonds. The molecule has 8 nitrogen and oxygen atoms in total. The molecule has 1 aliphatic carbocycles. The van der Waals surface area contributed by atoms with Gasteiger partial charge in [-0.1, -0.05) is 11.6 Å². The minimum absolute atomic E-state index is 0.0781. The van der Waals surface area contributed by atoms with Crippen LogP contribution in [0, 0.1) is 5.92 Å². The first-order valence-electron chi connectivity index (χ1n) is 8.70. The molecule has 1 saturated heterocycles. The quantitative estimate of drug-likeness (QED) is 0.606. The van der Waals surface area contributed by atoms with E-state index in [1.54, 1.807) is 19.1 Å². The normalized spacial score (nSPS) is 24.3. The van der Waals surface area contributed by atoms with Crippen LogP contribution in [0.15, 0.2) is 12.1 Å². The third kappa shape index (κ3) is 3.35. The van der Waals surface area contributed by atoms with Gasteiger partial charge in [0.2, 0.25) is 0 Å². The van der Waals surface area contributed by atoms with Crippen LogP contribution < -0.4 is 10.1 Å². The van der Waals surface area contributed by atoms with Crippen molar-refractivity contribution in [1.29, 1.82) is 0 Å². The molecule has 0 bridgehead atoms. The SMILES string of the molecule is C[C@@]1(C2CC2)NC(=O)N(CC(=O)OCc2cc(Cl)cc3c2OCOC3)C1=O. The molecular formula is C18H19ClN2O6. The first-order chi connectivity index (χ1) is 12.9. The molecule has 2 aliphatic heterocycles. The first-order valence-corrected chi connectivity index (χ1v) is 9.08. The number of halogens is 1. The van der Waals surface area contributed by atoms with Gasteiger partial charge in [-0.2, -0.15) is 0 Å². The van der Waals surface area contributed by atoms with Gasteiger partial charge in [-0.05, 0) is 37.8 Å². The van der Waals surface area contributed by atoms with Crippen LogP contribution in [-0.4, -0.2) is 41.7 Å². The van der Waals surface area contributed by atoms with E-state index in [1.165, 1.54) is 0 Å². The third-order valence-electron chi connectivity index (χ3n) is 5.12. The highest BCUT2D eigenvalue weighted by Crippen LogP contribution is 2.42. The molecule has 1 aromatic rings. The summed E-state index contributed by atoms with van der Waals surface area (Å²) in [5, 5.41) is 3.17. The summed E-state index contributed by atoms with van der Waals surface area (Å²) in [7, 11) is 0. The monoisotopic (exact) mass is 394 g/mol. The standard InChI is InChI=1S/C18H19ClN2O6/c1-18(12-2-3-12)16(23)21(17(24)20-18)6-14(22)26-8-11-5-13(19)4-10-7-25-9-27-15(10)11/h4-5,12H,2-3,6-9H2,1H3,(H,20,24)/t18-/m0/s1. The molecule has 144 valence electrons. The molecule has 0 aromatic heterocycles. The molecule has 1 saturated carbocycles. The Morgan fingerprint density at radius 2 is 2.19 bits per heavy atom. The summed E-state index contributed by atoms with van der Waals surface area (Å²) >= 11 is 6.08. The fourth-order valence-corrected chi connectivity index (χ4v) is 3.76. The maximum Gasteiger partial charge on any atom is 0.326 e. The second-order valence-corrected chi connectivity index (χ2v) is 7.56. The van der Waals surface area contributed by atoms with Crippen molar-refractivity contribution in [3.05, 3.63) is 28.3 Å². The van der Waals surface area contributed by atoms with Crippen molar-refractivity contribution in [2.75, 3.05) is 13.3 Å². The topological polar surface area (TPSA) is 94.2 Å². The van der Waals surface area contributed by atoms with Gasteiger partial charge in [-0.3, -0.25) is 14.5 Å². The molecule has 0 radical (unpaired) electrons. The number of amides is 3. The van der Waals surface area contributed by atoms with E-state index in [4.69, 9.17) is 25.8 Å². The summed E-state index contributed by atoms with van der Waals surface area (Å²) in [5.74, 6) is -0.353. The number of ether oxygens (including phenoxy) is 3. The van der Waals surface area contributed by atoms with E-state index in [0.717, 1.165) is 23.3 Å². The highest BCUT2D eigenvalue weighted by Gasteiger charge is 2.56. The summed E-state index contributed by atoms with van der Waals surface area (Å²) in [6.07, 6.45) is 1.79. The minimum Gasteiger partial charge on any atom is -0.467 e. The van der Waals surface area contributed by atoms with Crippen LogP contribution in [0.4, 0.5) is 4.79 Å². The Labute approximate surface area is 160 Å². The minimum atomic E-state index is -0.919. The molecule has 3 aliphatic rings. The van der Waals surface area contributed by atoms with Gasteiger partial charge in [0, 0.05) is 16.1 Å². The highest BCUT2D eigenvalue weighted by molar-refractivity contribution is 6.30.